The van der Waals surface area contributed by atoms with Gasteiger partial charge in [0.25, 0.3) is 10.0 Å². The van der Waals surface area contributed by atoms with Crippen LogP contribution in [0.2, 0.25) is 0 Å². The van der Waals surface area contributed by atoms with Crippen LogP contribution in [0.15, 0.2) is 47.9 Å². The van der Waals surface area contributed by atoms with Crippen molar-refractivity contribution in [2.45, 2.75) is 36.6 Å². The van der Waals surface area contributed by atoms with Crippen molar-refractivity contribution < 1.29 is 8.42 Å². The van der Waals surface area contributed by atoms with E-state index >= 15 is 0 Å². The number of nitrogens with zero attached hydrogens (tertiary/aromatic N) is 5. The van der Waals surface area contributed by atoms with Crippen LogP contribution in [0.1, 0.15) is 36.6 Å². The Hall–Kier alpha value is -2.68. The number of benzene rings is 1. The second-order valence-electron chi connectivity index (χ2n) is 6.49. The van der Waals surface area contributed by atoms with Gasteiger partial charge in [-0.3, -0.25) is 0 Å². The van der Waals surface area contributed by atoms with Crippen molar-refractivity contribution in [3.8, 4) is 0 Å². The number of rotatable bonds is 6. The highest BCUT2D eigenvalue weighted by atomic mass is 32.2. The van der Waals surface area contributed by atoms with Crippen molar-refractivity contribution in [3.05, 3.63) is 54.4 Å². The van der Waals surface area contributed by atoms with E-state index in [1.54, 1.807) is 44.0 Å². The van der Waals surface area contributed by atoms with Gasteiger partial charge in [-0.1, -0.05) is 24.6 Å². The molecule has 2 aromatic heterocycles. The number of hydrogen-bond donors (Lipinski definition) is 1. The molecule has 0 aliphatic heterocycles. The highest BCUT2D eigenvalue weighted by molar-refractivity contribution is 7.92. The van der Waals surface area contributed by atoms with Crippen LogP contribution >= 0.6 is 0 Å². The van der Waals surface area contributed by atoms with Crippen LogP contribution in [-0.4, -0.2) is 32.7 Å². The Morgan fingerprint density at radius 3 is 2.77 bits per heavy atom. The first kappa shape index (κ1) is 16.8. The molecule has 26 heavy (non-hydrogen) atoms. The van der Waals surface area contributed by atoms with Crippen molar-refractivity contribution in [2.24, 2.45) is 7.05 Å². The average Bonchev–Trinajstić information content (AvgIpc) is 3.16. The van der Waals surface area contributed by atoms with Crippen molar-refractivity contribution >= 4 is 16.0 Å². The number of hydrogen-bond acceptors (Lipinski definition) is 5. The van der Waals surface area contributed by atoms with E-state index in [1.165, 1.54) is 11.1 Å². The van der Waals surface area contributed by atoms with Gasteiger partial charge in [-0.05, 0) is 24.5 Å². The van der Waals surface area contributed by atoms with Crippen LogP contribution in [0, 0.1) is 0 Å². The van der Waals surface area contributed by atoms with Gasteiger partial charge in [0, 0.05) is 31.9 Å². The molecule has 1 aliphatic carbocycles. The second kappa shape index (κ2) is 6.56. The van der Waals surface area contributed by atoms with Gasteiger partial charge in [-0.2, -0.15) is 10.1 Å². The van der Waals surface area contributed by atoms with Gasteiger partial charge < -0.3 is 4.57 Å². The first-order valence-electron chi connectivity index (χ1n) is 8.50. The topological polar surface area (TPSA) is 94.7 Å². The number of nitrogens with one attached hydrogen (secondary N) is 1. The van der Waals surface area contributed by atoms with E-state index in [0.29, 0.717) is 23.9 Å². The van der Waals surface area contributed by atoms with Crippen LogP contribution in [0.4, 0.5) is 5.95 Å². The molecule has 0 unspecified atom stereocenters. The molecule has 0 spiro atoms. The number of anilines is 1. The van der Waals surface area contributed by atoms with E-state index in [2.05, 4.69) is 19.8 Å². The minimum Gasteiger partial charge on any atom is -0.333 e. The van der Waals surface area contributed by atoms with Crippen molar-refractivity contribution in [1.82, 2.24) is 24.3 Å². The molecule has 0 atom stereocenters. The molecule has 0 saturated heterocycles. The van der Waals surface area contributed by atoms with Gasteiger partial charge in [-0.15, -0.1) is 0 Å². The van der Waals surface area contributed by atoms with Crippen molar-refractivity contribution in [2.75, 3.05) is 4.72 Å². The molecular weight excluding hydrogens is 352 g/mol. The fraction of sp³-hybridized carbons (Fsp3) is 0.353. The third kappa shape index (κ3) is 3.22. The lowest BCUT2D eigenvalue weighted by molar-refractivity contribution is 0.400. The first-order chi connectivity index (χ1) is 12.5. The quantitative estimate of drug-likeness (QED) is 0.715. The standard InChI is InChI=1S/C17H20N6O2S/c1-22-17(19-16(20-22)13-6-4-7-13)21-26(24,25)15-8-3-2-5-14(15)11-23-10-9-18-12-23/h2-3,5,8-10,12-13H,4,6-7,11H2,1H3,(H,19,20,21). The fourth-order valence-corrected chi connectivity index (χ4v) is 4.24. The molecule has 3 aromatic rings. The maximum Gasteiger partial charge on any atom is 0.264 e. The van der Waals surface area contributed by atoms with Crippen molar-refractivity contribution in [1.29, 1.82) is 0 Å². The van der Waals surface area contributed by atoms with Crippen molar-refractivity contribution in [3.63, 3.8) is 0 Å². The van der Waals surface area contributed by atoms with Crippen LogP contribution in [0.25, 0.3) is 0 Å². The third-order valence-corrected chi connectivity index (χ3v) is 6.08. The zero-order valence-corrected chi connectivity index (χ0v) is 15.2. The molecule has 0 bridgehead atoms. The number of imidazole rings is 1. The summed E-state index contributed by atoms with van der Waals surface area (Å²) in [4.78, 5) is 8.62. The third-order valence-electron chi connectivity index (χ3n) is 4.65. The molecule has 0 radical (unpaired) electrons. The molecule has 9 heteroatoms. The highest BCUT2D eigenvalue weighted by Crippen LogP contribution is 2.35. The van der Waals surface area contributed by atoms with E-state index in [-0.39, 0.29) is 10.8 Å². The molecule has 0 amide bonds. The van der Waals surface area contributed by atoms with Crippen LogP contribution in [-0.2, 0) is 23.6 Å². The summed E-state index contributed by atoms with van der Waals surface area (Å²) in [5.74, 6) is 1.29. The smallest absolute Gasteiger partial charge is 0.264 e. The lowest BCUT2D eigenvalue weighted by atomic mass is 9.85. The normalized spacial score (nSPS) is 15.0. The zero-order chi connectivity index (χ0) is 18.1. The molecular formula is C17H20N6O2S. The minimum atomic E-state index is -3.78. The predicted octanol–water partition coefficient (Wildman–Crippen LogP) is 2.13. The zero-order valence-electron chi connectivity index (χ0n) is 14.4. The summed E-state index contributed by atoms with van der Waals surface area (Å²) in [5, 5.41) is 4.36. The van der Waals surface area contributed by atoms with Crippen LogP contribution in [0.3, 0.4) is 0 Å². The number of aryl methyl sites for hydroxylation is 1. The fourth-order valence-electron chi connectivity index (χ4n) is 2.98. The summed E-state index contributed by atoms with van der Waals surface area (Å²) < 4.78 is 31.8. The van der Waals surface area contributed by atoms with Gasteiger partial charge in [0.1, 0.15) is 0 Å². The summed E-state index contributed by atoms with van der Waals surface area (Å²) in [7, 11) is -2.08. The summed E-state index contributed by atoms with van der Waals surface area (Å²) in [6.45, 7) is 0.420. The Bertz CT molecular complexity index is 1010. The SMILES string of the molecule is Cn1nc(C2CCC2)nc1NS(=O)(=O)c1ccccc1Cn1ccnc1. The lowest BCUT2D eigenvalue weighted by Crippen LogP contribution is -2.18. The second-order valence-corrected chi connectivity index (χ2v) is 8.14. The van der Waals surface area contributed by atoms with Gasteiger partial charge in [0.2, 0.25) is 5.95 Å². The van der Waals surface area contributed by atoms with E-state index < -0.39 is 10.0 Å². The van der Waals surface area contributed by atoms with Gasteiger partial charge in [0.15, 0.2) is 5.82 Å². The highest BCUT2D eigenvalue weighted by Gasteiger charge is 2.26. The average molecular weight is 372 g/mol. The van der Waals surface area contributed by atoms with Gasteiger partial charge in [-0.25, -0.2) is 22.8 Å². The van der Waals surface area contributed by atoms with E-state index in [9.17, 15) is 8.42 Å². The molecule has 1 N–H and O–H groups in total. The predicted molar refractivity (Wildman–Crippen MR) is 96.2 cm³/mol. The van der Waals surface area contributed by atoms with E-state index in [0.717, 1.165) is 12.8 Å². The number of aromatic nitrogens is 5. The molecule has 4 rings (SSSR count). The maximum absolute atomic E-state index is 12.9. The number of sulfonamides is 1. The molecule has 1 saturated carbocycles. The molecule has 1 aliphatic rings. The van der Waals surface area contributed by atoms with Crippen LogP contribution < -0.4 is 4.72 Å². The molecule has 2 heterocycles. The molecule has 8 nitrogen and oxygen atoms in total. The van der Waals surface area contributed by atoms with Crippen LogP contribution in [0.5, 0.6) is 0 Å². The first-order valence-corrected chi connectivity index (χ1v) is 9.98. The van der Waals surface area contributed by atoms with E-state index in [1.807, 2.05) is 10.6 Å². The monoisotopic (exact) mass is 372 g/mol. The Labute approximate surface area is 152 Å². The summed E-state index contributed by atoms with van der Waals surface area (Å²) >= 11 is 0. The molecule has 1 fully saturated rings. The minimum absolute atomic E-state index is 0.224. The Morgan fingerprint density at radius 2 is 2.08 bits per heavy atom. The molecule has 136 valence electrons. The van der Waals surface area contributed by atoms with E-state index in [4.69, 9.17) is 0 Å². The Kier molecular flexibility index (Phi) is 4.23. The van der Waals surface area contributed by atoms with Gasteiger partial charge >= 0.3 is 0 Å². The van der Waals surface area contributed by atoms with Gasteiger partial charge in [0.05, 0.1) is 11.2 Å². The molecule has 1 aromatic carbocycles. The summed E-state index contributed by atoms with van der Waals surface area (Å²) in [5.41, 5.74) is 0.680. The maximum atomic E-state index is 12.9. The lowest BCUT2D eigenvalue weighted by Gasteiger charge is -2.21. The summed E-state index contributed by atoms with van der Waals surface area (Å²) in [6, 6.07) is 6.92. The summed E-state index contributed by atoms with van der Waals surface area (Å²) in [6.07, 6.45) is 8.41. The Balaban J connectivity index is 1.62. The Morgan fingerprint density at radius 1 is 1.27 bits per heavy atom. The largest absolute Gasteiger partial charge is 0.333 e.